The van der Waals surface area contributed by atoms with E-state index >= 15 is 0 Å². The van der Waals surface area contributed by atoms with Crippen LogP contribution in [0.3, 0.4) is 0 Å². The molecule has 4 heteroatoms. The molecule has 0 aliphatic carbocycles. The highest BCUT2D eigenvalue weighted by Crippen LogP contribution is 2.25. The molecule has 0 aromatic rings. The molecule has 1 rings (SSSR count). The van der Waals surface area contributed by atoms with Crippen molar-refractivity contribution >= 4 is 0 Å². The van der Waals surface area contributed by atoms with Gasteiger partial charge in [0.15, 0.2) is 0 Å². The van der Waals surface area contributed by atoms with E-state index in [1.165, 1.54) is 0 Å². The molecule has 0 bridgehead atoms. The summed E-state index contributed by atoms with van der Waals surface area (Å²) in [5.41, 5.74) is 0. The third-order valence-electron chi connectivity index (χ3n) is 2.56. The molecule has 3 N–H and O–H groups in total. The fourth-order valence-electron chi connectivity index (χ4n) is 1.58. The monoisotopic (exact) mass is 200 g/mol. The second-order valence-corrected chi connectivity index (χ2v) is 3.51. The molecule has 5 atom stereocenters. The van der Waals surface area contributed by atoms with Crippen LogP contribution in [0.2, 0.25) is 0 Å². The van der Waals surface area contributed by atoms with Gasteiger partial charge in [-0.05, 0) is 6.92 Å². The number of hydrogen-bond donors (Lipinski definition) is 3. The van der Waals surface area contributed by atoms with Gasteiger partial charge in [-0.1, -0.05) is 12.8 Å². The number of rotatable bonds is 1. The Morgan fingerprint density at radius 3 is 2.43 bits per heavy atom. The van der Waals surface area contributed by atoms with Gasteiger partial charge in [0.2, 0.25) is 0 Å². The molecule has 80 valence electrons. The van der Waals surface area contributed by atoms with Crippen molar-refractivity contribution in [2.24, 2.45) is 5.92 Å². The Labute approximate surface area is 83.5 Å². The standard InChI is InChI=1S/C10H16O4/c1-3-4-7-9(12)6(2)10(13)8(5-11)14-7/h6-13H,5H2,1-2H3/t6-,7-,8-,9+,10+/m1/s1. The van der Waals surface area contributed by atoms with Crippen molar-refractivity contribution in [2.45, 2.75) is 38.3 Å². The van der Waals surface area contributed by atoms with E-state index in [0.29, 0.717) is 0 Å². The Kier molecular flexibility index (Phi) is 3.90. The maximum absolute atomic E-state index is 9.68. The minimum atomic E-state index is -0.843. The molecule has 0 aromatic heterocycles. The largest absolute Gasteiger partial charge is 0.394 e. The minimum Gasteiger partial charge on any atom is -0.394 e. The van der Waals surface area contributed by atoms with Gasteiger partial charge in [0.05, 0.1) is 18.8 Å². The van der Waals surface area contributed by atoms with Crippen molar-refractivity contribution in [3.05, 3.63) is 0 Å². The third kappa shape index (κ3) is 2.07. The van der Waals surface area contributed by atoms with Crippen molar-refractivity contribution in [2.75, 3.05) is 6.61 Å². The highest BCUT2D eigenvalue weighted by atomic mass is 16.5. The molecule has 0 saturated carbocycles. The van der Waals surface area contributed by atoms with Crippen LogP contribution >= 0.6 is 0 Å². The highest BCUT2D eigenvalue weighted by Gasteiger charge is 2.40. The lowest BCUT2D eigenvalue weighted by Crippen LogP contribution is -2.53. The summed E-state index contributed by atoms with van der Waals surface area (Å²) in [7, 11) is 0. The zero-order valence-electron chi connectivity index (χ0n) is 8.34. The predicted octanol–water partition coefficient (Wildman–Crippen LogP) is -0.873. The van der Waals surface area contributed by atoms with Crippen molar-refractivity contribution in [1.29, 1.82) is 0 Å². The Balaban J connectivity index is 2.76. The first-order valence-electron chi connectivity index (χ1n) is 4.66. The zero-order chi connectivity index (χ0) is 10.7. The van der Waals surface area contributed by atoms with Crippen molar-refractivity contribution in [3.63, 3.8) is 0 Å². The third-order valence-corrected chi connectivity index (χ3v) is 2.56. The summed E-state index contributed by atoms with van der Waals surface area (Å²) in [6.45, 7) is 3.10. The molecule has 1 aliphatic heterocycles. The van der Waals surface area contributed by atoms with Gasteiger partial charge >= 0.3 is 0 Å². The number of aliphatic hydroxyl groups excluding tert-OH is 3. The summed E-state index contributed by atoms with van der Waals surface area (Å²) < 4.78 is 5.25. The number of hydrogen-bond acceptors (Lipinski definition) is 4. The van der Waals surface area contributed by atoms with E-state index in [1.807, 2.05) is 0 Å². The van der Waals surface area contributed by atoms with Gasteiger partial charge in [-0.15, -0.1) is 5.92 Å². The van der Waals surface area contributed by atoms with E-state index in [0.717, 1.165) is 0 Å². The van der Waals surface area contributed by atoms with Crippen LogP contribution in [0.5, 0.6) is 0 Å². The molecule has 0 amide bonds. The summed E-state index contributed by atoms with van der Waals surface area (Å²) >= 11 is 0. The molecular formula is C10H16O4. The fourth-order valence-corrected chi connectivity index (χ4v) is 1.58. The average Bonchev–Trinajstić information content (AvgIpc) is 2.19. The van der Waals surface area contributed by atoms with E-state index in [2.05, 4.69) is 11.8 Å². The van der Waals surface area contributed by atoms with Crippen LogP contribution in [0.15, 0.2) is 0 Å². The SMILES string of the molecule is CC#C[C@H]1O[C@H](CO)[C@@H](O)[C@H](C)[C@@H]1O. The normalized spacial score (nSPS) is 42.8. The molecule has 0 unspecified atom stereocenters. The van der Waals surface area contributed by atoms with Crippen LogP contribution in [0.4, 0.5) is 0 Å². The topological polar surface area (TPSA) is 69.9 Å². The highest BCUT2D eigenvalue weighted by molar-refractivity contribution is 5.09. The lowest BCUT2D eigenvalue weighted by atomic mass is 9.88. The van der Waals surface area contributed by atoms with E-state index < -0.39 is 24.4 Å². The van der Waals surface area contributed by atoms with Gasteiger partial charge in [-0.25, -0.2) is 0 Å². The second kappa shape index (κ2) is 4.76. The van der Waals surface area contributed by atoms with Crippen LogP contribution in [-0.2, 0) is 4.74 Å². The Morgan fingerprint density at radius 1 is 1.29 bits per heavy atom. The van der Waals surface area contributed by atoms with Crippen LogP contribution in [0.1, 0.15) is 13.8 Å². The smallest absolute Gasteiger partial charge is 0.144 e. The molecule has 4 nitrogen and oxygen atoms in total. The average molecular weight is 200 g/mol. The van der Waals surface area contributed by atoms with E-state index in [1.54, 1.807) is 13.8 Å². The summed E-state index contributed by atoms with van der Waals surface area (Å²) in [6.07, 6.45) is -2.92. The lowest BCUT2D eigenvalue weighted by molar-refractivity contribution is -0.187. The van der Waals surface area contributed by atoms with Crippen molar-refractivity contribution < 1.29 is 20.1 Å². The molecule has 14 heavy (non-hydrogen) atoms. The summed E-state index contributed by atoms with van der Waals surface area (Å²) in [6, 6.07) is 0. The molecule has 0 radical (unpaired) electrons. The maximum atomic E-state index is 9.68. The summed E-state index contributed by atoms with van der Waals surface area (Å²) in [5, 5.41) is 28.2. The molecule has 1 fully saturated rings. The molecule has 0 spiro atoms. The second-order valence-electron chi connectivity index (χ2n) is 3.51. The van der Waals surface area contributed by atoms with Gasteiger partial charge in [-0.3, -0.25) is 0 Å². The van der Waals surface area contributed by atoms with Gasteiger partial charge in [0, 0.05) is 5.92 Å². The van der Waals surface area contributed by atoms with Gasteiger partial charge in [0.25, 0.3) is 0 Å². The van der Waals surface area contributed by atoms with Crippen LogP contribution in [-0.4, -0.2) is 46.3 Å². The first-order chi connectivity index (χ1) is 6.61. The summed E-state index contributed by atoms with van der Waals surface area (Å²) in [4.78, 5) is 0. The van der Waals surface area contributed by atoms with E-state index in [9.17, 15) is 10.2 Å². The van der Waals surface area contributed by atoms with Crippen LogP contribution in [0, 0.1) is 17.8 Å². The van der Waals surface area contributed by atoms with E-state index in [-0.39, 0.29) is 12.5 Å². The molecule has 1 heterocycles. The van der Waals surface area contributed by atoms with E-state index in [4.69, 9.17) is 9.84 Å². The molecule has 0 aromatic carbocycles. The number of aliphatic hydroxyl groups is 3. The van der Waals surface area contributed by atoms with Gasteiger partial charge < -0.3 is 20.1 Å². The van der Waals surface area contributed by atoms with Gasteiger partial charge in [-0.2, -0.15) is 0 Å². The number of ether oxygens (including phenoxy) is 1. The Bertz CT molecular complexity index is 240. The van der Waals surface area contributed by atoms with Crippen LogP contribution < -0.4 is 0 Å². The minimum absolute atomic E-state index is 0.264. The first kappa shape index (κ1) is 11.5. The molecular weight excluding hydrogens is 184 g/mol. The maximum Gasteiger partial charge on any atom is 0.144 e. The van der Waals surface area contributed by atoms with Crippen molar-refractivity contribution in [1.82, 2.24) is 0 Å². The first-order valence-corrected chi connectivity index (χ1v) is 4.66. The lowest BCUT2D eigenvalue weighted by Gasteiger charge is -2.39. The molecule has 1 aliphatic rings. The Hall–Kier alpha value is -0.600. The Morgan fingerprint density at radius 2 is 1.93 bits per heavy atom. The summed E-state index contributed by atoms with van der Waals surface area (Å²) in [5.74, 6) is 5.01. The van der Waals surface area contributed by atoms with Crippen molar-refractivity contribution in [3.8, 4) is 11.8 Å². The zero-order valence-corrected chi connectivity index (χ0v) is 8.34. The fraction of sp³-hybridized carbons (Fsp3) is 0.800. The molecule has 1 saturated heterocycles. The van der Waals surface area contributed by atoms with Gasteiger partial charge in [0.1, 0.15) is 12.2 Å². The quantitative estimate of drug-likeness (QED) is 0.481. The predicted molar refractivity (Wildman–Crippen MR) is 50.4 cm³/mol. The van der Waals surface area contributed by atoms with Crippen LogP contribution in [0.25, 0.3) is 0 Å².